The molecule has 2 aromatic carbocycles. The summed E-state index contributed by atoms with van der Waals surface area (Å²) in [7, 11) is 0. The van der Waals surface area contributed by atoms with Crippen LogP contribution in [0.25, 0.3) is 0 Å². The van der Waals surface area contributed by atoms with Crippen LogP contribution in [-0.2, 0) is 22.4 Å². The molecule has 0 saturated carbocycles. The van der Waals surface area contributed by atoms with Gasteiger partial charge >= 0.3 is 0 Å². The summed E-state index contributed by atoms with van der Waals surface area (Å²) in [6.45, 7) is 0.368. The standard InChI is InChI=1S/C19H21NO3/c21-18(12-11-15-7-3-1-4-8-15)20-17(14-23-19(20)22)13-16-9-5-2-6-10-16/h1-10,17,19,22H,11-14H2/t17-,19?/m0/s1. The summed E-state index contributed by atoms with van der Waals surface area (Å²) in [5.74, 6) is -0.0696. The molecule has 0 aromatic heterocycles. The number of aryl methyl sites for hydroxylation is 1. The maximum absolute atomic E-state index is 12.5. The number of amides is 1. The highest BCUT2D eigenvalue weighted by atomic mass is 16.6. The van der Waals surface area contributed by atoms with Crippen molar-refractivity contribution in [3.8, 4) is 0 Å². The summed E-state index contributed by atoms with van der Waals surface area (Å²) in [5.41, 5.74) is 2.26. The van der Waals surface area contributed by atoms with Gasteiger partial charge in [0.15, 0.2) is 0 Å². The van der Waals surface area contributed by atoms with E-state index in [0.717, 1.165) is 11.1 Å². The number of nitrogens with zero attached hydrogens (tertiary/aromatic N) is 1. The fraction of sp³-hybridized carbons (Fsp3) is 0.316. The first-order valence-corrected chi connectivity index (χ1v) is 7.93. The van der Waals surface area contributed by atoms with Crippen molar-refractivity contribution >= 4 is 5.91 Å². The van der Waals surface area contributed by atoms with Gasteiger partial charge < -0.3 is 9.84 Å². The maximum atomic E-state index is 12.5. The van der Waals surface area contributed by atoms with Gasteiger partial charge in [0.25, 0.3) is 0 Å². The van der Waals surface area contributed by atoms with Gasteiger partial charge in [0, 0.05) is 6.42 Å². The normalized spacial score (nSPS) is 20.7. The van der Waals surface area contributed by atoms with E-state index in [1.807, 2.05) is 60.7 Å². The molecule has 1 saturated heterocycles. The molecule has 0 spiro atoms. The molecule has 4 heteroatoms. The van der Waals surface area contributed by atoms with Crippen LogP contribution in [0.2, 0.25) is 0 Å². The van der Waals surface area contributed by atoms with Crippen molar-refractivity contribution in [2.45, 2.75) is 31.7 Å². The Morgan fingerprint density at radius 2 is 1.65 bits per heavy atom. The Morgan fingerprint density at radius 3 is 2.30 bits per heavy atom. The van der Waals surface area contributed by atoms with Gasteiger partial charge in [0.2, 0.25) is 12.3 Å². The summed E-state index contributed by atoms with van der Waals surface area (Å²) in [6.07, 6.45) is 0.595. The highest BCUT2D eigenvalue weighted by Crippen LogP contribution is 2.21. The van der Waals surface area contributed by atoms with Crippen molar-refractivity contribution in [2.24, 2.45) is 0 Å². The number of aliphatic hydroxyl groups is 1. The second kappa shape index (κ2) is 7.40. The minimum atomic E-state index is -1.13. The predicted octanol–water partition coefficient (Wildman–Crippen LogP) is 2.37. The van der Waals surface area contributed by atoms with Crippen LogP contribution in [0.3, 0.4) is 0 Å². The van der Waals surface area contributed by atoms with Crippen LogP contribution in [0.5, 0.6) is 0 Å². The Hall–Kier alpha value is -2.17. The number of ether oxygens (including phenoxy) is 1. The zero-order valence-electron chi connectivity index (χ0n) is 13.0. The first-order chi connectivity index (χ1) is 11.2. The number of aliphatic hydroxyl groups excluding tert-OH is 1. The highest BCUT2D eigenvalue weighted by molar-refractivity contribution is 5.77. The summed E-state index contributed by atoms with van der Waals surface area (Å²) in [4.78, 5) is 14.0. The van der Waals surface area contributed by atoms with Gasteiger partial charge in [-0.05, 0) is 24.0 Å². The molecule has 1 N–H and O–H groups in total. The van der Waals surface area contributed by atoms with E-state index in [4.69, 9.17) is 4.74 Å². The van der Waals surface area contributed by atoms with Crippen molar-refractivity contribution in [3.63, 3.8) is 0 Å². The smallest absolute Gasteiger partial charge is 0.240 e. The van der Waals surface area contributed by atoms with Gasteiger partial charge in [-0.15, -0.1) is 0 Å². The van der Waals surface area contributed by atoms with Gasteiger partial charge in [0.1, 0.15) is 0 Å². The van der Waals surface area contributed by atoms with Crippen LogP contribution in [0.1, 0.15) is 17.5 Å². The lowest BCUT2D eigenvalue weighted by molar-refractivity contribution is -0.165. The molecule has 1 fully saturated rings. The number of carbonyl (C=O) groups is 1. The minimum Gasteiger partial charge on any atom is -0.351 e. The molecule has 0 aliphatic carbocycles. The maximum Gasteiger partial charge on any atom is 0.240 e. The molecule has 4 nitrogen and oxygen atoms in total. The van der Waals surface area contributed by atoms with Gasteiger partial charge in [-0.1, -0.05) is 60.7 Å². The van der Waals surface area contributed by atoms with E-state index in [2.05, 4.69) is 0 Å². The monoisotopic (exact) mass is 311 g/mol. The Kier molecular flexibility index (Phi) is 5.05. The van der Waals surface area contributed by atoms with Gasteiger partial charge in [0.05, 0.1) is 12.6 Å². The predicted molar refractivity (Wildman–Crippen MR) is 87.5 cm³/mol. The van der Waals surface area contributed by atoms with E-state index in [1.165, 1.54) is 4.90 Å². The fourth-order valence-corrected chi connectivity index (χ4v) is 2.93. The number of rotatable bonds is 5. The highest BCUT2D eigenvalue weighted by Gasteiger charge is 2.36. The molecule has 3 rings (SSSR count). The quantitative estimate of drug-likeness (QED) is 0.922. The van der Waals surface area contributed by atoms with Crippen LogP contribution in [0.4, 0.5) is 0 Å². The van der Waals surface area contributed by atoms with Crippen LogP contribution >= 0.6 is 0 Å². The van der Waals surface area contributed by atoms with Gasteiger partial charge in [-0.3, -0.25) is 9.69 Å². The fourth-order valence-electron chi connectivity index (χ4n) is 2.93. The average Bonchev–Trinajstić information content (AvgIpc) is 2.95. The lowest BCUT2D eigenvalue weighted by Crippen LogP contribution is -2.43. The molecule has 1 aliphatic rings. The Balaban J connectivity index is 1.62. The molecule has 1 unspecified atom stereocenters. The number of hydrogen-bond donors (Lipinski definition) is 1. The molecule has 23 heavy (non-hydrogen) atoms. The Bertz CT molecular complexity index is 630. The lowest BCUT2D eigenvalue weighted by atomic mass is 10.0. The van der Waals surface area contributed by atoms with Crippen molar-refractivity contribution in [1.29, 1.82) is 0 Å². The van der Waals surface area contributed by atoms with E-state index in [-0.39, 0.29) is 11.9 Å². The molecule has 2 atom stereocenters. The number of carbonyl (C=O) groups excluding carboxylic acids is 1. The Labute approximate surface area is 136 Å². The second-order valence-corrected chi connectivity index (χ2v) is 5.79. The third-order valence-corrected chi connectivity index (χ3v) is 4.14. The van der Waals surface area contributed by atoms with E-state index < -0.39 is 6.41 Å². The SMILES string of the molecule is O=C(CCc1ccccc1)N1C(O)OC[C@@H]1Cc1ccccc1. The zero-order chi connectivity index (χ0) is 16.1. The molecule has 0 radical (unpaired) electrons. The first-order valence-electron chi connectivity index (χ1n) is 7.93. The molecular weight excluding hydrogens is 290 g/mol. The average molecular weight is 311 g/mol. The van der Waals surface area contributed by atoms with E-state index >= 15 is 0 Å². The number of hydrogen-bond acceptors (Lipinski definition) is 3. The lowest BCUT2D eigenvalue weighted by Gasteiger charge is -2.25. The van der Waals surface area contributed by atoms with Gasteiger partial charge in [-0.2, -0.15) is 0 Å². The topological polar surface area (TPSA) is 49.8 Å². The third-order valence-electron chi connectivity index (χ3n) is 4.14. The third kappa shape index (κ3) is 3.97. The minimum absolute atomic E-state index is 0.0696. The van der Waals surface area contributed by atoms with Crippen molar-refractivity contribution < 1.29 is 14.6 Å². The molecule has 1 aliphatic heterocycles. The molecule has 2 aromatic rings. The summed E-state index contributed by atoms with van der Waals surface area (Å²) in [6, 6.07) is 19.7. The molecule has 120 valence electrons. The van der Waals surface area contributed by atoms with Crippen LogP contribution in [-0.4, -0.2) is 35.0 Å². The van der Waals surface area contributed by atoms with Crippen LogP contribution < -0.4 is 0 Å². The van der Waals surface area contributed by atoms with Gasteiger partial charge in [-0.25, -0.2) is 0 Å². The van der Waals surface area contributed by atoms with E-state index in [1.54, 1.807) is 0 Å². The van der Waals surface area contributed by atoms with Crippen molar-refractivity contribution in [2.75, 3.05) is 6.61 Å². The van der Waals surface area contributed by atoms with E-state index in [9.17, 15) is 9.90 Å². The number of benzene rings is 2. The van der Waals surface area contributed by atoms with Crippen LogP contribution in [0.15, 0.2) is 60.7 Å². The Morgan fingerprint density at radius 1 is 1.04 bits per heavy atom. The van der Waals surface area contributed by atoms with Crippen molar-refractivity contribution in [1.82, 2.24) is 4.90 Å². The second-order valence-electron chi connectivity index (χ2n) is 5.79. The first kappa shape index (κ1) is 15.7. The molecule has 1 amide bonds. The zero-order valence-corrected chi connectivity index (χ0v) is 13.0. The van der Waals surface area contributed by atoms with E-state index in [0.29, 0.717) is 25.9 Å². The summed E-state index contributed by atoms with van der Waals surface area (Å²) >= 11 is 0. The molecular formula is C19H21NO3. The van der Waals surface area contributed by atoms with Crippen LogP contribution in [0, 0.1) is 0 Å². The van der Waals surface area contributed by atoms with Crippen molar-refractivity contribution in [3.05, 3.63) is 71.8 Å². The largest absolute Gasteiger partial charge is 0.351 e. The summed E-state index contributed by atoms with van der Waals surface area (Å²) < 4.78 is 5.28. The molecule has 1 heterocycles. The summed E-state index contributed by atoms with van der Waals surface area (Å²) in [5, 5.41) is 9.99. The molecule has 0 bridgehead atoms.